The molecule has 0 fully saturated rings. The minimum absolute atomic E-state index is 0.0303. The van der Waals surface area contributed by atoms with E-state index in [0.29, 0.717) is 6.54 Å². The Balaban J connectivity index is 1.72. The van der Waals surface area contributed by atoms with Gasteiger partial charge in [0, 0.05) is 25.5 Å². The number of halogens is 1. The Labute approximate surface area is 126 Å². The average molecular weight is 340 g/mol. The average Bonchev–Trinajstić information content (AvgIpc) is 3.02. The van der Waals surface area contributed by atoms with E-state index in [2.05, 4.69) is 31.4 Å². The van der Waals surface area contributed by atoms with Crippen LogP contribution in [0.25, 0.3) is 0 Å². The van der Waals surface area contributed by atoms with Crippen molar-refractivity contribution >= 4 is 21.8 Å². The zero-order valence-electron chi connectivity index (χ0n) is 11.6. The van der Waals surface area contributed by atoms with E-state index < -0.39 is 0 Å². The van der Waals surface area contributed by atoms with E-state index in [-0.39, 0.29) is 11.9 Å². The van der Waals surface area contributed by atoms with Crippen LogP contribution >= 0.6 is 15.9 Å². The molecule has 6 nitrogen and oxygen atoms in total. The fourth-order valence-electron chi connectivity index (χ4n) is 1.84. The van der Waals surface area contributed by atoms with Gasteiger partial charge in [-0.05, 0) is 41.8 Å². The molecule has 1 atom stereocenters. The van der Waals surface area contributed by atoms with Crippen LogP contribution in [-0.2, 0) is 11.3 Å². The van der Waals surface area contributed by atoms with Crippen molar-refractivity contribution in [2.75, 3.05) is 6.54 Å². The van der Waals surface area contributed by atoms with E-state index in [9.17, 15) is 4.79 Å². The van der Waals surface area contributed by atoms with Crippen LogP contribution in [-0.4, -0.2) is 32.0 Å². The summed E-state index contributed by atoms with van der Waals surface area (Å²) in [5.41, 5.74) is 1.15. The molecule has 0 spiro atoms. The van der Waals surface area contributed by atoms with E-state index in [0.717, 1.165) is 23.0 Å². The number of aromatic nitrogens is 4. The normalized spacial score (nSPS) is 12.3. The second-order valence-corrected chi connectivity index (χ2v) is 5.66. The molecule has 0 aliphatic heterocycles. The number of hydrogen-bond acceptors (Lipinski definition) is 3. The number of rotatable bonds is 6. The molecular weight excluding hydrogens is 322 g/mol. The van der Waals surface area contributed by atoms with E-state index >= 15 is 0 Å². The summed E-state index contributed by atoms with van der Waals surface area (Å²) in [5, 5.41) is 11.2. The predicted molar refractivity (Wildman–Crippen MR) is 79.2 cm³/mol. The lowest BCUT2D eigenvalue weighted by Gasteiger charge is -2.12. The van der Waals surface area contributed by atoms with Crippen molar-refractivity contribution in [3.63, 3.8) is 0 Å². The van der Waals surface area contributed by atoms with Gasteiger partial charge in [0.2, 0.25) is 5.91 Å². The third-order valence-corrected chi connectivity index (χ3v) is 3.38. The second kappa shape index (κ2) is 6.69. The largest absolute Gasteiger partial charge is 0.354 e. The van der Waals surface area contributed by atoms with Crippen LogP contribution in [0.5, 0.6) is 0 Å². The van der Waals surface area contributed by atoms with Crippen LogP contribution in [0.15, 0.2) is 29.3 Å². The summed E-state index contributed by atoms with van der Waals surface area (Å²) in [5.74, 6) is -0.0303. The van der Waals surface area contributed by atoms with Crippen LogP contribution in [0.2, 0.25) is 0 Å². The van der Waals surface area contributed by atoms with Gasteiger partial charge in [-0.2, -0.15) is 10.2 Å². The minimum Gasteiger partial charge on any atom is -0.354 e. The number of amides is 1. The molecule has 0 bridgehead atoms. The molecule has 0 aliphatic rings. The second-order valence-electron chi connectivity index (χ2n) is 4.74. The summed E-state index contributed by atoms with van der Waals surface area (Å²) < 4.78 is 4.39. The predicted octanol–water partition coefficient (Wildman–Crippen LogP) is 1.92. The number of carbonyl (C=O) groups is 1. The Morgan fingerprint density at radius 1 is 1.40 bits per heavy atom. The number of nitrogens with zero attached hydrogens (tertiary/aromatic N) is 4. The Morgan fingerprint density at radius 2 is 2.20 bits per heavy atom. The molecule has 0 aliphatic carbocycles. The Kier molecular flexibility index (Phi) is 4.94. The molecule has 1 N–H and O–H groups in total. The van der Waals surface area contributed by atoms with E-state index in [1.54, 1.807) is 17.1 Å². The van der Waals surface area contributed by atoms with E-state index in [1.807, 2.05) is 30.9 Å². The molecule has 0 aromatic carbocycles. The first-order valence-electron chi connectivity index (χ1n) is 6.52. The van der Waals surface area contributed by atoms with Crippen LogP contribution in [0.3, 0.4) is 0 Å². The zero-order chi connectivity index (χ0) is 14.5. The fourth-order valence-corrected chi connectivity index (χ4v) is 2.14. The molecule has 0 radical (unpaired) electrons. The van der Waals surface area contributed by atoms with Gasteiger partial charge in [-0.1, -0.05) is 0 Å². The van der Waals surface area contributed by atoms with Crippen LogP contribution < -0.4 is 5.32 Å². The summed E-state index contributed by atoms with van der Waals surface area (Å²) in [6.45, 7) is 5.27. The maximum atomic E-state index is 12.0. The third kappa shape index (κ3) is 3.93. The number of carbonyl (C=O) groups excluding carboxylic acids is 1. The summed E-state index contributed by atoms with van der Waals surface area (Å²) in [7, 11) is 0. The SMILES string of the molecule is Cc1cnn(CCCNC(=O)C(C)n2cc(Br)cn2)c1. The minimum atomic E-state index is -0.312. The number of nitrogens with one attached hydrogen (secondary N) is 1. The highest BCUT2D eigenvalue weighted by Gasteiger charge is 2.14. The molecule has 0 saturated heterocycles. The standard InChI is InChI=1S/C13H18BrN5O/c1-10-6-16-18(8-10)5-3-4-15-13(20)11(2)19-9-12(14)7-17-19/h6-9,11H,3-5H2,1-2H3,(H,15,20). The molecule has 20 heavy (non-hydrogen) atoms. The highest BCUT2D eigenvalue weighted by molar-refractivity contribution is 9.10. The van der Waals surface area contributed by atoms with Gasteiger partial charge in [-0.25, -0.2) is 0 Å². The lowest BCUT2D eigenvalue weighted by Crippen LogP contribution is -2.32. The Bertz CT molecular complexity index is 577. The lowest BCUT2D eigenvalue weighted by molar-refractivity contribution is -0.124. The van der Waals surface area contributed by atoms with Crippen molar-refractivity contribution in [2.24, 2.45) is 0 Å². The first-order valence-corrected chi connectivity index (χ1v) is 7.32. The molecule has 108 valence electrons. The fraction of sp³-hybridized carbons (Fsp3) is 0.462. The van der Waals surface area contributed by atoms with Crippen molar-refractivity contribution in [1.29, 1.82) is 0 Å². The van der Waals surface area contributed by atoms with Gasteiger partial charge < -0.3 is 5.32 Å². The topological polar surface area (TPSA) is 64.7 Å². The molecule has 7 heteroatoms. The summed E-state index contributed by atoms with van der Waals surface area (Å²) >= 11 is 3.32. The number of hydrogen-bond donors (Lipinski definition) is 1. The zero-order valence-corrected chi connectivity index (χ0v) is 13.2. The summed E-state index contributed by atoms with van der Waals surface area (Å²) in [4.78, 5) is 12.0. The highest BCUT2D eigenvalue weighted by Crippen LogP contribution is 2.11. The maximum absolute atomic E-state index is 12.0. The number of aryl methyl sites for hydroxylation is 2. The van der Waals surface area contributed by atoms with E-state index in [1.165, 1.54) is 0 Å². The van der Waals surface area contributed by atoms with Crippen molar-refractivity contribution in [3.8, 4) is 0 Å². The molecule has 2 rings (SSSR count). The quantitative estimate of drug-likeness (QED) is 0.817. The molecular formula is C13H18BrN5O. The van der Waals surface area contributed by atoms with Gasteiger partial charge in [0.1, 0.15) is 6.04 Å². The van der Waals surface area contributed by atoms with Gasteiger partial charge >= 0.3 is 0 Å². The van der Waals surface area contributed by atoms with Crippen LogP contribution in [0, 0.1) is 6.92 Å². The lowest BCUT2D eigenvalue weighted by atomic mass is 10.3. The Hall–Kier alpha value is -1.63. The molecule has 2 heterocycles. The van der Waals surface area contributed by atoms with Crippen LogP contribution in [0.4, 0.5) is 0 Å². The van der Waals surface area contributed by atoms with Crippen molar-refractivity contribution in [2.45, 2.75) is 32.9 Å². The monoisotopic (exact) mass is 339 g/mol. The van der Waals surface area contributed by atoms with Gasteiger partial charge in [-0.15, -0.1) is 0 Å². The molecule has 1 unspecified atom stereocenters. The van der Waals surface area contributed by atoms with Gasteiger partial charge in [0.15, 0.2) is 0 Å². The smallest absolute Gasteiger partial charge is 0.244 e. The van der Waals surface area contributed by atoms with E-state index in [4.69, 9.17) is 0 Å². The Morgan fingerprint density at radius 3 is 2.80 bits per heavy atom. The van der Waals surface area contributed by atoms with Gasteiger partial charge in [0.05, 0.1) is 16.9 Å². The van der Waals surface area contributed by atoms with Gasteiger partial charge in [0.25, 0.3) is 0 Å². The third-order valence-electron chi connectivity index (χ3n) is 2.97. The van der Waals surface area contributed by atoms with Crippen molar-refractivity contribution in [3.05, 3.63) is 34.8 Å². The molecule has 2 aromatic heterocycles. The molecule has 1 amide bonds. The molecule has 0 saturated carbocycles. The molecule has 2 aromatic rings. The first-order chi connectivity index (χ1) is 9.56. The van der Waals surface area contributed by atoms with Gasteiger partial charge in [-0.3, -0.25) is 14.2 Å². The summed E-state index contributed by atoms with van der Waals surface area (Å²) in [6, 6.07) is -0.312. The first kappa shape index (κ1) is 14.8. The summed E-state index contributed by atoms with van der Waals surface area (Å²) in [6.07, 6.45) is 8.13. The van der Waals surface area contributed by atoms with Crippen LogP contribution in [0.1, 0.15) is 24.9 Å². The van der Waals surface area contributed by atoms with Crippen molar-refractivity contribution in [1.82, 2.24) is 24.9 Å². The van der Waals surface area contributed by atoms with Crippen molar-refractivity contribution < 1.29 is 4.79 Å². The maximum Gasteiger partial charge on any atom is 0.244 e. The highest BCUT2D eigenvalue weighted by atomic mass is 79.9.